The maximum Gasteiger partial charge on any atom is 0.224 e. The summed E-state index contributed by atoms with van der Waals surface area (Å²) in [6.45, 7) is 2.00. The maximum absolute atomic E-state index is 12.9. The molecule has 1 aliphatic rings. The van der Waals surface area contributed by atoms with Gasteiger partial charge in [0.25, 0.3) is 0 Å². The Morgan fingerprint density at radius 1 is 1.14 bits per heavy atom. The van der Waals surface area contributed by atoms with Crippen molar-refractivity contribution in [2.75, 3.05) is 0 Å². The van der Waals surface area contributed by atoms with Gasteiger partial charge in [-0.15, -0.1) is 0 Å². The number of hydrogen-bond acceptors (Lipinski definition) is 1. The van der Waals surface area contributed by atoms with Crippen LogP contribution in [-0.2, 0) is 24.1 Å². The van der Waals surface area contributed by atoms with E-state index in [1.165, 1.54) is 36.1 Å². The van der Waals surface area contributed by atoms with Crippen molar-refractivity contribution in [2.24, 2.45) is 0 Å². The Labute approximate surface area is 130 Å². The lowest BCUT2D eigenvalue weighted by atomic mass is 10.0. The second kappa shape index (κ2) is 6.30. The highest BCUT2D eigenvalue weighted by Gasteiger charge is 2.15. The van der Waals surface area contributed by atoms with Crippen LogP contribution in [0.4, 0.5) is 4.39 Å². The van der Waals surface area contributed by atoms with Gasteiger partial charge >= 0.3 is 0 Å². The molecule has 0 unspecified atom stereocenters. The summed E-state index contributed by atoms with van der Waals surface area (Å²) in [5.41, 5.74) is 4.82. The van der Waals surface area contributed by atoms with Crippen LogP contribution in [0, 0.1) is 5.82 Å². The highest BCUT2D eigenvalue weighted by atomic mass is 19.1. The number of fused-ring (bicyclic) bond motifs is 1. The standard InChI is InChI=1S/C19H20FNO/c1-13(16-8-7-15-3-2-4-17(15)12-16)21-19(22)11-14-5-9-18(20)10-6-14/h5-10,12-13H,2-4,11H2,1H3,(H,21,22)/t13-/m1/s1. The van der Waals surface area contributed by atoms with Gasteiger partial charge in [0.2, 0.25) is 5.91 Å². The molecular formula is C19H20FNO. The van der Waals surface area contributed by atoms with Gasteiger partial charge in [-0.25, -0.2) is 4.39 Å². The number of rotatable bonds is 4. The molecule has 1 amide bonds. The van der Waals surface area contributed by atoms with E-state index in [0.29, 0.717) is 0 Å². The quantitative estimate of drug-likeness (QED) is 0.915. The molecule has 3 heteroatoms. The van der Waals surface area contributed by atoms with Gasteiger partial charge in [0, 0.05) is 0 Å². The van der Waals surface area contributed by atoms with Crippen LogP contribution in [0.25, 0.3) is 0 Å². The largest absolute Gasteiger partial charge is 0.349 e. The van der Waals surface area contributed by atoms with Crippen LogP contribution in [0.3, 0.4) is 0 Å². The normalized spacial score (nSPS) is 14.5. The van der Waals surface area contributed by atoms with Gasteiger partial charge in [-0.2, -0.15) is 0 Å². The minimum atomic E-state index is -0.282. The van der Waals surface area contributed by atoms with E-state index in [1.54, 1.807) is 12.1 Å². The van der Waals surface area contributed by atoms with Crippen molar-refractivity contribution in [3.63, 3.8) is 0 Å². The number of hydrogen-bond donors (Lipinski definition) is 1. The highest BCUT2D eigenvalue weighted by molar-refractivity contribution is 5.79. The molecule has 1 atom stereocenters. The van der Waals surface area contributed by atoms with Gasteiger partial charge in [0.05, 0.1) is 12.5 Å². The van der Waals surface area contributed by atoms with Gasteiger partial charge in [0.1, 0.15) is 5.82 Å². The average molecular weight is 297 g/mol. The fourth-order valence-corrected chi connectivity index (χ4v) is 3.02. The third-order valence-corrected chi connectivity index (χ3v) is 4.28. The van der Waals surface area contributed by atoms with Crippen LogP contribution in [0.5, 0.6) is 0 Å². The van der Waals surface area contributed by atoms with E-state index in [4.69, 9.17) is 0 Å². The summed E-state index contributed by atoms with van der Waals surface area (Å²) in [6.07, 6.45) is 3.81. The summed E-state index contributed by atoms with van der Waals surface area (Å²) in [5, 5.41) is 3.02. The van der Waals surface area contributed by atoms with Gasteiger partial charge in [-0.3, -0.25) is 4.79 Å². The molecular weight excluding hydrogens is 277 g/mol. The van der Waals surface area contributed by atoms with E-state index >= 15 is 0 Å². The third kappa shape index (κ3) is 3.35. The molecule has 2 nitrogen and oxygen atoms in total. The smallest absolute Gasteiger partial charge is 0.224 e. The Kier molecular flexibility index (Phi) is 4.23. The molecule has 2 aromatic rings. The molecule has 3 rings (SSSR count). The van der Waals surface area contributed by atoms with Crippen LogP contribution < -0.4 is 5.32 Å². The predicted octanol–water partition coefficient (Wildman–Crippen LogP) is 3.73. The molecule has 1 N–H and O–H groups in total. The van der Waals surface area contributed by atoms with Crippen molar-refractivity contribution in [2.45, 2.75) is 38.6 Å². The average Bonchev–Trinajstić information content (AvgIpc) is 2.97. The molecule has 114 valence electrons. The van der Waals surface area contributed by atoms with Crippen LogP contribution in [0.15, 0.2) is 42.5 Å². The lowest BCUT2D eigenvalue weighted by Gasteiger charge is -2.15. The summed E-state index contributed by atoms with van der Waals surface area (Å²) in [5.74, 6) is -0.324. The number of carbonyl (C=O) groups is 1. The molecule has 0 heterocycles. The summed E-state index contributed by atoms with van der Waals surface area (Å²) in [4.78, 5) is 12.1. The zero-order valence-electron chi connectivity index (χ0n) is 12.7. The molecule has 0 aliphatic heterocycles. The second-order valence-corrected chi connectivity index (χ2v) is 5.97. The SMILES string of the molecule is C[C@@H](NC(=O)Cc1ccc(F)cc1)c1ccc2c(c1)CCC2. The first-order valence-electron chi connectivity index (χ1n) is 7.77. The highest BCUT2D eigenvalue weighted by Crippen LogP contribution is 2.25. The maximum atomic E-state index is 12.9. The van der Waals surface area contributed by atoms with Crippen molar-refractivity contribution in [1.82, 2.24) is 5.32 Å². The third-order valence-electron chi connectivity index (χ3n) is 4.28. The number of carbonyl (C=O) groups excluding carboxylic acids is 1. The molecule has 22 heavy (non-hydrogen) atoms. The van der Waals surface area contributed by atoms with Gasteiger partial charge < -0.3 is 5.32 Å². The van der Waals surface area contributed by atoms with Crippen molar-refractivity contribution in [3.05, 3.63) is 70.5 Å². The number of aryl methyl sites for hydroxylation is 2. The van der Waals surface area contributed by atoms with E-state index in [-0.39, 0.29) is 24.2 Å². The Morgan fingerprint density at radius 2 is 1.86 bits per heavy atom. The van der Waals surface area contributed by atoms with E-state index in [0.717, 1.165) is 17.5 Å². The van der Waals surface area contributed by atoms with Crippen LogP contribution in [0.2, 0.25) is 0 Å². The lowest BCUT2D eigenvalue weighted by molar-refractivity contribution is -0.121. The molecule has 0 radical (unpaired) electrons. The predicted molar refractivity (Wildman–Crippen MR) is 85.1 cm³/mol. The zero-order chi connectivity index (χ0) is 15.5. The molecule has 2 aromatic carbocycles. The summed E-state index contributed by atoms with van der Waals surface area (Å²) in [6, 6.07) is 12.5. The van der Waals surface area contributed by atoms with Gasteiger partial charge in [0.15, 0.2) is 0 Å². The fraction of sp³-hybridized carbons (Fsp3) is 0.316. The first-order valence-corrected chi connectivity index (χ1v) is 7.77. The van der Waals surface area contributed by atoms with E-state index in [2.05, 4.69) is 23.5 Å². The monoisotopic (exact) mass is 297 g/mol. The molecule has 1 aliphatic carbocycles. The Bertz CT molecular complexity index is 678. The van der Waals surface area contributed by atoms with Crippen LogP contribution >= 0.6 is 0 Å². The molecule has 0 saturated carbocycles. The first-order chi connectivity index (χ1) is 10.6. The van der Waals surface area contributed by atoms with Crippen molar-refractivity contribution < 1.29 is 9.18 Å². The van der Waals surface area contributed by atoms with Crippen LogP contribution in [-0.4, -0.2) is 5.91 Å². The summed E-state index contributed by atoms with van der Waals surface area (Å²) in [7, 11) is 0. The lowest BCUT2D eigenvalue weighted by Crippen LogP contribution is -2.28. The topological polar surface area (TPSA) is 29.1 Å². The second-order valence-electron chi connectivity index (χ2n) is 5.97. The van der Waals surface area contributed by atoms with Gasteiger partial charge in [-0.05, 0) is 60.6 Å². The zero-order valence-corrected chi connectivity index (χ0v) is 12.7. The number of benzene rings is 2. The first kappa shape index (κ1) is 14.8. The molecule has 0 bridgehead atoms. The fourth-order valence-electron chi connectivity index (χ4n) is 3.02. The Balaban J connectivity index is 1.62. The minimum absolute atomic E-state index is 0.0150. The Hall–Kier alpha value is -2.16. The molecule has 0 aromatic heterocycles. The Morgan fingerprint density at radius 3 is 2.64 bits per heavy atom. The van der Waals surface area contributed by atoms with Crippen LogP contribution in [0.1, 0.15) is 41.6 Å². The number of nitrogens with one attached hydrogen (secondary N) is 1. The van der Waals surface area contributed by atoms with Crippen molar-refractivity contribution in [3.8, 4) is 0 Å². The van der Waals surface area contributed by atoms with E-state index in [1.807, 2.05) is 6.92 Å². The van der Waals surface area contributed by atoms with Crippen molar-refractivity contribution in [1.29, 1.82) is 0 Å². The summed E-state index contributed by atoms with van der Waals surface area (Å²) >= 11 is 0. The molecule has 0 saturated heterocycles. The molecule has 0 fully saturated rings. The minimum Gasteiger partial charge on any atom is -0.349 e. The summed E-state index contributed by atoms with van der Waals surface area (Å²) < 4.78 is 12.9. The van der Waals surface area contributed by atoms with Crippen molar-refractivity contribution >= 4 is 5.91 Å². The van der Waals surface area contributed by atoms with E-state index < -0.39 is 0 Å². The van der Waals surface area contributed by atoms with Gasteiger partial charge in [-0.1, -0.05) is 30.3 Å². The molecule has 0 spiro atoms. The van der Waals surface area contributed by atoms with E-state index in [9.17, 15) is 9.18 Å². The number of halogens is 1. The number of amides is 1.